The number of ether oxygens (including phenoxy) is 1. The number of benzene rings is 1. The standard InChI is InChI=1S/C12H17N3O3S/c1-9(2)18-5-6-19(16,17)15-12-4-3-11(14)7-10(12)8-13/h3-4,7,9,15H,5-6,14H2,1-2H3. The van der Waals surface area contributed by atoms with Gasteiger partial charge >= 0.3 is 0 Å². The molecule has 0 aliphatic heterocycles. The summed E-state index contributed by atoms with van der Waals surface area (Å²) in [6, 6.07) is 6.31. The number of nitrogens with zero attached hydrogens (tertiary/aromatic N) is 1. The molecule has 1 aromatic carbocycles. The summed E-state index contributed by atoms with van der Waals surface area (Å²) in [4.78, 5) is 0. The van der Waals surface area contributed by atoms with Crippen molar-refractivity contribution >= 4 is 21.4 Å². The molecule has 19 heavy (non-hydrogen) atoms. The monoisotopic (exact) mass is 283 g/mol. The molecule has 1 rings (SSSR count). The highest BCUT2D eigenvalue weighted by atomic mass is 32.2. The van der Waals surface area contributed by atoms with E-state index in [1.54, 1.807) is 0 Å². The lowest BCUT2D eigenvalue weighted by Gasteiger charge is -2.11. The minimum atomic E-state index is -3.54. The number of anilines is 2. The predicted octanol–water partition coefficient (Wildman–Crippen LogP) is 1.31. The van der Waals surface area contributed by atoms with Crippen molar-refractivity contribution in [2.45, 2.75) is 20.0 Å². The summed E-state index contributed by atoms with van der Waals surface area (Å²) in [6.45, 7) is 3.76. The van der Waals surface area contributed by atoms with Crippen LogP contribution in [-0.4, -0.2) is 26.9 Å². The van der Waals surface area contributed by atoms with Crippen molar-refractivity contribution in [3.8, 4) is 6.07 Å². The Labute approximate surface area is 113 Å². The molecule has 1 aromatic rings. The fourth-order valence-corrected chi connectivity index (χ4v) is 2.29. The Morgan fingerprint density at radius 2 is 2.16 bits per heavy atom. The fourth-order valence-electron chi connectivity index (χ4n) is 1.36. The van der Waals surface area contributed by atoms with E-state index >= 15 is 0 Å². The Morgan fingerprint density at radius 1 is 1.47 bits per heavy atom. The van der Waals surface area contributed by atoms with E-state index in [4.69, 9.17) is 15.7 Å². The number of nitrogens with one attached hydrogen (secondary N) is 1. The number of nitriles is 1. The van der Waals surface area contributed by atoms with E-state index in [9.17, 15) is 8.42 Å². The molecule has 0 bridgehead atoms. The van der Waals surface area contributed by atoms with Crippen LogP contribution >= 0.6 is 0 Å². The van der Waals surface area contributed by atoms with Crippen LogP contribution in [0.15, 0.2) is 18.2 Å². The third-order valence-electron chi connectivity index (χ3n) is 2.23. The van der Waals surface area contributed by atoms with Gasteiger partial charge in [-0.3, -0.25) is 4.72 Å². The fraction of sp³-hybridized carbons (Fsp3) is 0.417. The Balaban J connectivity index is 2.76. The lowest BCUT2D eigenvalue weighted by atomic mass is 10.2. The molecule has 7 heteroatoms. The van der Waals surface area contributed by atoms with Gasteiger partial charge in [-0.15, -0.1) is 0 Å². The van der Waals surface area contributed by atoms with Gasteiger partial charge in [0.2, 0.25) is 10.0 Å². The second-order valence-electron chi connectivity index (χ2n) is 4.26. The first-order valence-electron chi connectivity index (χ1n) is 5.76. The maximum atomic E-state index is 11.8. The lowest BCUT2D eigenvalue weighted by Crippen LogP contribution is -2.22. The first-order valence-corrected chi connectivity index (χ1v) is 7.41. The molecule has 0 atom stereocenters. The highest BCUT2D eigenvalue weighted by molar-refractivity contribution is 7.92. The number of nitrogens with two attached hydrogens (primary N) is 1. The summed E-state index contributed by atoms with van der Waals surface area (Å²) in [7, 11) is -3.54. The number of sulfonamides is 1. The molecule has 0 saturated carbocycles. The van der Waals surface area contributed by atoms with Crippen LogP contribution in [0, 0.1) is 11.3 Å². The van der Waals surface area contributed by atoms with Crippen LogP contribution in [0.3, 0.4) is 0 Å². The third-order valence-corrected chi connectivity index (χ3v) is 3.47. The number of hydrogen-bond acceptors (Lipinski definition) is 5. The van der Waals surface area contributed by atoms with Crippen LogP contribution in [-0.2, 0) is 14.8 Å². The van der Waals surface area contributed by atoms with Gasteiger partial charge in [0, 0.05) is 5.69 Å². The third kappa shape index (κ3) is 5.16. The van der Waals surface area contributed by atoms with Crippen molar-refractivity contribution in [1.29, 1.82) is 5.26 Å². The van der Waals surface area contributed by atoms with Crippen LogP contribution in [0.25, 0.3) is 0 Å². The minimum Gasteiger partial charge on any atom is -0.399 e. The van der Waals surface area contributed by atoms with Gasteiger partial charge in [0.15, 0.2) is 0 Å². The zero-order chi connectivity index (χ0) is 14.5. The van der Waals surface area contributed by atoms with E-state index in [0.717, 1.165) is 0 Å². The van der Waals surface area contributed by atoms with Gasteiger partial charge in [-0.05, 0) is 32.0 Å². The summed E-state index contributed by atoms with van der Waals surface area (Å²) in [5.41, 5.74) is 6.35. The Bertz CT molecular complexity index is 576. The maximum Gasteiger partial charge on any atom is 0.235 e. The first-order chi connectivity index (χ1) is 8.84. The summed E-state index contributed by atoms with van der Waals surface area (Å²) in [5.74, 6) is -0.166. The molecule has 104 valence electrons. The maximum absolute atomic E-state index is 11.8. The van der Waals surface area contributed by atoms with Gasteiger partial charge in [0.05, 0.1) is 29.7 Å². The SMILES string of the molecule is CC(C)OCCS(=O)(=O)Nc1ccc(N)cc1C#N. The molecule has 0 aliphatic rings. The molecule has 0 aromatic heterocycles. The van der Waals surface area contributed by atoms with Gasteiger partial charge in [-0.1, -0.05) is 0 Å². The van der Waals surface area contributed by atoms with Gasteiger partial charge in [-0.2, -0.15) is 5.26 Å². The summed E-state index contributed by atoms with van der Waals surface area (Å²) in [6.07, 6.45) is -0.0265. The van der Waals surface area contributed by atoms with Crippen LogP contribution in [0.4, 0.5) is 11.4 Å². The average Bonchev–Trinajstić information content (AvgIpc) is 2.30. The highest BCUT2D eigenvalue weighted by Crippen LogP contribution is 2.19. The molecule has 0 unspecified atom stereocenters. The number of rotatable bonds is 6. The van der Waals surface area contributed by atoms with Crippen LogP contribution in [0.5, 0.6) is 0 Å². The van der Waals surface area contributed by atoms with Crippen molar-refractivity contribution in [1.82, 2.24) is 0 Å². The topological polar surface area (TPSA) is 105 Å². The quantitative estimate of drug-likeness (QED) is 0.766. The number of hydrogen-bond donors (Lipinski definition) is 2. The highest BCUT2D eigenvalue weighted by Gasteiger charge is 2.13. The Hall–Kier alpha value is -1.78. The Morgan fingerprint density at radius 3 is 2.74 bits per heavy atom. The summed E-state index contributed by atoms with van der Waals surface area (Å²) < 4.78 is 31.1. The molecular formula is C12H17N3O3S. The molecule has 0 heterocycles. The van der Waals surface area contributed by atoms with Crippen LogP contribution in [0.2, 0.25) is 0 Å². The normalized spacial score (nSPS) is 11.3. The Kier molecular flexibility index (Phi) is 5.15. The van der Waals surface area contributed by atoms with Crippen molar-refractivity contribution in [3.05, 3.63) is 23.8 Å². The van der Waals surface area contributed by atoms with E-state index in [-0.39, 0.29) is 29.7 Å². The van der Waals surface area contributed by atoms with Crippen LogP contribution < -0.4 is 10.5 Å². The van der Waals surface area contributed by atoms with Crippen LogP contribution in [0.1, 0.15) is 19.4 Å². The van der Waals surface area contributed by atoms with E-state index in [1.807, 2.05) is 19.9 Å². The second-order valence-corrected chi connectivity index (χ2v) is 6.10. The van der Waals surface area contributed by atoms with Crippen molar-refractivity contribution < 1.29 is 13.2 Å². The molecule has 0 aliphatic carbocycles. The van der Waals surface area contributed by atoms with E-state index < -0.39 is 10.0 Å². The first kappa shape index (κ1) is 15.3. The van der Waals surface area contributed by atoms with Gasteiger partial charge < -0.3 is 10.5 Å². The van der Waals surface area contributed by atoms with Crippen molar-refractivity contribution in [2.24, 2.45) is 0 Å². The molecule has 3 N–H and O–H groups in total. The van der Waals surface area contributed by atoms with E-state index in [1.165, 1.54) is 18.2 Å². The molecule has 0 fully saturated rings. The van der Waals surface area contributed by atoms with Gasteiger partial charge in [0.25, 0.3) is 0 Å². The van der Waals surface area contributed by atoms with Gasteiger partial charge in [0.1, 0.15) is 6.07 Å². The predicted molar refractivity (Wildman–Crippen MR) is 74.1 cm³/mol. The number of nitrogen functional groups attached to an aromatic ring is 1. The molecule has 0 radical (unpaired) electrons. The van der Waals surface area contributed by atoms with Gasteiger partial charge in [-0.25, -0.2) is 8.42 Å². The van der Waals surface area contributed by atoms with Crippen molar-refractivity contribution in [3.63, 3.8) is 0 Å². The second kappa shape index (κ2) is 6.41. The largest absolute Gasteiger partial charge is 0.399 e. The molecule has 0 amide bonds. The zero-order valence-electron chi connectivity index (χ0n) is 10.9. The zero-order valence-corrected chi connectivity index (χ0v) is 11.7. The van der Waals surface area contributed by atoms with E-state index in [0.29, 0.717) is 5.69 Å². The van der Waals surface area contributed by atoms with E-state index in [2.05, 4.69) is 4.72 Å². The minimum absolute atomic E-state index is 0.0265. The summed E-state index contributed by atoms with van der Waals surface area (Å²) in [5, 5.41) is 8.92. The van der Waals surface area contributed by atoms with Crippen molar-refractivity contribution in [2.75, 3.05) is 22.8 Å². The smallest absolute Gasteiger partial charge is 0.235 e. The molecule has 0 spiro atoms. The average molecular weight is 283 g/mol. The molecular weight excluding hydrogens is 266 g/mol. The molecule has 0 saturated heterocycles. The lowest BCUT2D eigenvalue weighted by molar-refractivity contribution is 0.0913. The summed E-state index contributed by atoms with van der Waals surface area (Å²) >= 11 is 0. The molecule has 6 nitrogen and oxygen atoms in total.